The van der Waals surface area contributed by atoms with Gasteiger partial charge in [0.05, 0.1) is 0 Å². The third-order valence-corrected chi connectivity index (χ3v) is 2.40. The summed E-state index contributed by atoms with van der Waals surface area (Å²) in [5.41, 5.74) is 2.66. The Hall–Kier alpha value is -0.780. The molecular weight excluding hydrogens is 168 g/mol. The Labute approximate surface area is 89.4 Å². The van der Waals surface area contributed by atoms with E-state index in [1.807, 2.05) is 6.08 Å². The highest BCUT2D eigenvalue weighted by atomic mass is 14.2. The van der Waals surface area contributed by atoms with Crippen LogP contribution in [0.25, 0.3) is 0 Å². The molecule has 0 aliphatic carbocycles. The van der Waals surface area contributed by atoms with Crippen LogP contribution in [0.15, 0.2) is 36.5 Å². The zero-order valence-corrected chi connectivity index (χ0v) is 10.2. The van der Waals surface area contributed by atoms with Gasteiger partial charge in [0.15, 0.2) is 0 Å². The molecule has 0 aromatic rings. The van der Waals surface area contributed by atoms with Gasteiger partial charge in [-0.2, -0.15) is 0 Å². The number of unbranched alkanes of at least 4 members (excludes halogenated alkanes) is 1. The van der Waals surface area contributed by atoms with E-state index < -0.39 is 0 Å². The molecule has 0 aliphatic rings. The van der Waals surface area contributed by atoms with Gasteiger partial charge in [0.25, 0.3) is 0 Å². The summed E-state index contributed by atoms with van der Waals surface area (Å²) in [6.07, 6.45) is 7.72. The van der Waals surface area contributed by atoms with Crippen LogP contribution in [-0.4, -0.2) is 0 Å². The van der Waals surface area contributed by atoms with Gasteiger partial charge in [-0.15, -0.1) is 0 Å². The van der Waals surface area contributed by atoms with Crippen LogP contribution in [0.4, 0.5) is 0 Å². The van der Waals surface area contributed by atoms with Crippen LogP contribution in [0.2, 0.25) is 0 Å². The largest absolute Gasteiger partial charge is 0.0988 e. The van der Waals surface area contributed by atoms with Crippen LogP contribution >= 0.6 is 0 Å². The molecule has 0 aromatic heterocycles. The second kappa shape index (κ2) is 5.85. The van der Waals surface area contributed by atoms with E-state index in [1.54, 1.807) is 0 Å². The highest BCUT2D eigenvalue weighted by Crippen LogP contribution is 2.26. The van der Waals surface area contributed by atoms with Gasteiger partial charge in [0.1, 0.15) is 0 Å². The molecule has 0 nitrogen and oxygen atoms in total. The van der Waals surface area contributed by atoms with Crippen LogP contribution in [-0.2, 0) is 0 Å². The van der Waals surface area contributed by atoms with Crippen molar-refractivity contribution in [2.75, 3.05) is 0 Å². The first-order valence-corrected chi connectivity index (χ1v) is 5.44. The van der Waals surface area contributed by atoms with Gasteiger partial charge in [0.2, 0.25) is 0 Å². The summed E-state index contributed by atoms with van der Waals surface area (Å²) in [5, 5.41) is 0. The molecule has 14 heavy (non-hydrogen) atoms. The Morgan fingerprint density at radius 1 is 1.29 bits per heavy atom. The summed E-state index contributed by atoms with van der Waals surface area (Å²) < 4.78 is 0. The normalized spacial score (nSPS) is 12.7. The highest BCUT2D eigenvalue weighted by molar-refractivity contribution is 5.30. The highest BCUT2D eigenvalue weighted by Gasteiger charge is 2.12. The predicted molar refractivity (Wildman–Crippen MR) is 66.4 cm³/mol. The van der Waals surface area contributed by atoms with E-state index in [0.29, 0.717) is 0 Å². The second-order valence-corrected chi connectivity index (χ2v) is 4.80. The molecule has 0 bridgehead atoms. The van der Waals surface area contributed by atoms with Gasteiger partial charge in [-0.25, -0.2) is 0 Å². The molecule has 0 N–H and O–H groups in total. The van der Waals surface area contributed by atoms with Crippen molar-refractivity contribution >= 4 is 0 Å². The maximum absolute atomic E-state index is 4.10. The smallest absolute Gasteiger partial charge is 0.0138 e. The first-order chi connectivity index (χ1) is 6.41. The van der Waals surface area contributed by atoms with Crippen molar-refractivity contribution in [1.82, 2.24) is 0 Å². The van der Waals surface area contributed by atoms with Crippen LogP contribution in [0, 0.1) is 5.41 Å². The minimum Gasteiger partial charge on any atom is -0.0988 e. The lowest BCUT2D eigenvalue weighted by atomic mass is 9.86. The lowest BCUT2D eigenvalue weighted by molar-refractivity contribution is 0.518. The van der Waals surface area contributed by atoms with E-state index in [4.69, 9.17) is 0 Å². The summed E-state index contributed by atoms with van der Waals surface area (Å²) in [6.45, 7) is 16.7. The Bertz CT molecular complexity index is 223. The molecule has 0 radical (unpaired) electrons. The zero-order valence-electron chi connectivity index (χ0n) is 10.2. The quantitative estimate of drug-likeness (QED) is 0.544. The Kier molecular flexibility index (Phi) is 5.52. The molecule has 0 heteroatoms. The number of allylic oxidation sites excluding steroid dienone is 4. The van der Waals surface area contributed by atoms with Gasteiger partial charge < -0.3 is 0 Å². The first-order valence-electron chi connectivity index (χ1n) is 5.44. The van der Waals surface area contributed by atoms with Crippen molar-refractivity contribution in [3.05, 3.63) is 36.5 Å². The fraction of sp³-hybridized carbons (Fsp3) is 0.571. The van der Waals surface area contributed by atoms with Crippen molar-refractivity contribution in [2.24, 2.45) is 5.41 Å². The predicted octanol–water partition coefficient (Wildman–Crippen LogP) is 4.89. The summed E-state index contributed by atoms with van der Waals surface area (Å²) in [7, 11) is 0. The van der Waals surface area contributed by atoms with Crippen LogP contribution in [0.5, 0.6) is 0 Å². The molecule has 0 rings (SSSR count). The average molecular weight is 192 g/mol. The van der Waals surface area contributed by atoms with Gasteiger partial charge in [-0.3, -0.25) is 0 Å². The fourth-order valence-electron chi connectivity index (χ4n) is 1.05. The molecule has 0 aliphatic heterocycles. The van der Waals surface area contributed by atoms with Crippen LogP contribution < -0.4 is 0 Å². The van der Waals surface area contributed by atoms with Crippen molar-refractivity contribution in [1.29, 1.82) is 0 Å². The van der Waals surface area contributed by atoms with Gasteiger partial charge in [-0.05, 0) is 29.4 Å². The molecule has 0 saturated carbocycles. The summed E-state index contributed by atoms with van der Waals surface area (Å²) in [5.74, 6) is 0. The summed E-state index contributed by atoms with van der Waals surface area (Å²) in [6, 6.07) is 0. The minimum atomic E-state index is 0.167. The van der Waals surface area contributed by atoms with Crippen molar-refractivity contribution in [3.8, 4) is 0 Å². The Morgan fingerprint density at radius 3 is 2.21 bits per heavy atom. The molecule has 0 fully saturated rings. The van der Waals surface area contributed by atoms with Crippen LogP contribution in [0.1, 0.15) is 47.0 Å². The second-order valence-electron chi connectivity index (χ2n) is 4.80. The lowest BCUT2D eigenvalue weighted by Crippen LogP contribution is -2.06. The van der Waals surface area contributed by atoms with E-state index in [-0.39, 0.29) is 5.41 Å². The third kappa shape index (κ3) is 5.06. The summed E-state index contributed by atoms with van der Waals surface area (Å²) >= 11 is 0. The van der Waals surface area contributed by atoms with E-state index in [1.165, 1.54) is 24.0 Å². The molecular formula is C14H24. The number of hydrogen-bond acceptors (Lipinski definition) is 0. The maximum Gasteiger partial charge on any atom is -0.0138 e. The van der Waals surface area contributed by atoms with E-state index in [9.17, 15) is 0 Å². The standard InChI is InChI=1S/C14H24/c1-7-9-10-13(8-2)11-12(3)14(4,5)6/h8,11H,2-3,7,9-10H2,1,4-6H3. The van der Waals surface area contributed by atoms with Crippen molar-refractivity contribution in [3.63, 3.8) is 0 Å². The van der Waals surface area contributed by atoms with Crippen molar-refractivity contribution in [2.45, 2.75) is 47.0 Å². The molecule has 0 heterocycles. The van der Waals surface area contributed by atoms with Crippen LogP contribution in [0.3, 0.4) is 0 Å². The molecule has 0 amide bonds. The molecule has 80 valence electrons. The van der Waals surface area contributed by atoms with Gasteiger partial charge >= 0.3 is 0 Å². The number of hydrogen-bond donors (Lipinski definition) is 0. The molecule has 0 spiro atoms. The monoisotopic (exact) mass is 192 g/mol. The van der Waals surface area contributed by atoms with Gasteiger partial charge in [-0.1, -0.05) is 59.4 Å². The molecule has 0 aromatic carbocycles. The van der Waals surface area contributed by atoms with E-state index in [0.717, 1.165) is 6.42 Å². The minimum absolute atomic E-state index is 0.167. The summed E-state index contributed by atoms with van der Waals surface area (Å²) in [4.78, 5) is 0. The Balaban J connectivity index is 4.44. The average Bonchev–Trinajstić information content (AvgIpc) is 2.10. The molecule has 0 atom stereocenters. The molecule has 0 saturated heterocycles. The van der Waals surface area contributed by atoms with Gasteiger partial charge in [0, 0.05) is 0 Å². The zero-order chi connectivity index (χ0) is 11.2. The number of rotatable bonds is 5. The van der Waals surface area contributed by atoms with E-state index in [2.05, 4.69) is 46.9 Å². The fourth-order valence-corrected chi connectivity index (χ4v) is 1.05. The SMILES string of the molecule is C=CC(=CC(=C)C(C)(C)C)CCCC. The third-order valence-electron chi connectivity index (χ3n) is 2.40. The molecule has 0 unspecified atom stereocenters. The first kappa shape index (κ1) is 13.2. The maximum atomic E-state index is 4.10. The Morgan fingerprint density at radius 2 is 1.86 bits per heavy atom. The van der Waals surface area contributed by atoms with Crippen molar-refractivity contribution < 1.29 is 0 Å². The topological polar surface area (TPSA) is 0 Å². The lowest BCUT2D eigenvalue weighted by Gasteiger charge is -2.19. The van der Waals surface area contributed by atoms with E-state index >= 15 is 0 Å².